The number of carbonyl (C=O) groups is 4. The number of phosphoric ester groups is 2. The molecule has 0 aromatic carbocycles. The average Bonchev–Trinajstić information content (AvgIpc) is 0.908. The lowest BCUT2D eigenvalue weighted by atomic mass is 10.0. The van der Waals surface area contributed by atoms with Gasteiger partial charge in [0.15, 0.2) is 12.2 Å². The van der Waals surface area contributed by atoms with E-state index in [9.17, 15) is 43.2 Å². The second-order valence-corrected chi connectivity index (χ2v) is 31.0. The predicted octanol–water partition coefficient (Wildman–Crippen LogP) is 24.9. The van der Waals surface area contributed by atoms with Gasteiger partial charge in [-0.3, -0.25) is 37.3 Å². The molecule has 0 aliphatic carbocycles. The van der Waals surface area contributed by atoms with Gasteiger partial charge < -0.3 is 33.8 Å². The fraction of sp³-hybridized carbons (Fsp3) is 0.747. The van der Waals surface area contributed by atoms with Crippen LogP contribution >= 0.6 is 15.6 Å². The molecule has 0 saturated carbocycles. The Morgan fingerprint density at radius 2 is 0.491 bits per heavy atom. The van der Waals surface area contributed by atoms with Crippen molar-refractivity contribution >= 4 is 39.5 Å². The fourth-order valence-electron chi connectivity index (χ4n) is 11.3. The van der Waals surface area contributed by atoms with Crippen LogP contribution in [0.3, 0.4) is 0 Å². The zero-order chi connectivity index (χ0) is 77.4. The normalized spacial score (nSPS) is 14.4. The minimum absolute atomic E-state index is 0.0281. The minimum atomic E-state index is -5.00. The van der Waals surface area contributed by atoms with Gasteiger partial charge in [-0.1, -0.05) is 343 Å². The summed E-state index contributed by atoms with van der Waals surface area (Å²) in [6.45, 7) is 4.74. The summed E-state index contributed by atoms with van der Waals surface area (Å²) >= 11 is 0. The average molecular weight is 1530 g/mol. The lowest BCUT2D eigenvalue weighted by Crippen LogP contribution is -2.30. The number of phosphoric acid groups is 2. The van der Waals surface area contributed by atoms with Gasteiger partial charge in [-0.15, -0.1) is 0 Å². The van der Waals surface area contributed by atoms with Gasteiger partial charge in [-0.05, 0) is 103 Å². The zero-order valence-electron chi connectivity index (χ0n) is 67.1. The molecule has 0 aromatic heterocycles. The summed E-state index contributed by atoms with van der Waals surface area (Å²) < 4.78 is 68.6. The van der Waals surface area contributed by atoms with E-state index in [0.29, 0.717) is 38.5 Å². The SMILES string of the molecule is CCCCC/C=C\C/C=C\C/C=C\C/C=C\C/C=C\CCC(=O)O[C@H](COC(=O)CCCCCCCCCCCCCCCCC)COP(=O)(O)OC[C@H](O)COP(=O)(O)OC[C@@H](COC(=O)CCC/C=C\C/C=C\C/C=C\C/C=C\CCCCC)OC(=O)CCCCCCCCCCCCCCCCC. The van der Waals surface area contributed by atoms with E-state index in [0.717, 1.165) is 96.3 Å². The second kappa shape index (κ2) is 78.8. The first-order valence-electron chi connectivity index (χ1n) is 42.1. The first-order valence-corrected chi connectivity index (χ1v) is 45.1. The Morgan fingerprint density at radius 1 is 0.264 bits per heavy atom. The van der Waals surface area contributed by atoms with Crippen LogP contribution < -0.4 is 0 Å². The summed E-state index contributed by atoms with van der Waals surface area (Å²) in [5.74, 6) is -2.31. The van der Waals surface area contributed by atoms with Crippen LogP contribution in [-0.4, -0.2) is 96.7 Å². The van der Waals surface area contributed by atoms with Gasteiger partial charge in [-0.25, -0.2) is 9.13 Å². The van der Waals surface area contributed by atoms with Gasteiger partial charge in [0.25, 0.3) is 0 Å². The molecule has 0 rings (SSSR count). The summed E-state index contributed by atoms with van der Waals surface area (Å²) in [5.41, 5.74) is 0. The third-order valence-corrected chi connectivity index (χ3v) is 19.7. The maximum absolute atomic E-state index is 13.1. The number of allylic oxidation sites excluding steroid dienone is 18. The number of aliphatic hydroxyl groups is 1. The van der Waals surface area contributed by atoms with E-state index in [4.69, 9.17) is 37.0 Å². The molecule has 0 aromatic rings. The van der Waals surface area contributed by atoms with Crippen LogP contribution in [0.4, 0.5) is 0 Å². The van der Waals surface area contributed by atoms with Gasteiger partial charge in [0.2, 0.25) is 0 Å². The number of hydrogen-bond donors (Lipinski definition) is 3. The van der Waals surface area contributed by atoms with E-state index in [-0.39, 0.29) is 25.7 Å². The van der Waals surface area contributed by atoms with Crippen molar-refractivity contribution < 1.29 is 80.2 Å². The number of rotatable bonds is 79. The number of carbonyl (C=O) groups excluding carboxylic acids is 4. The topological polar surface area (TPSA) is 237 Å². The molecule has 0 fully saturated rings. The monoisotopic (exact) mass is 1530 g/mol. The molecule has 612 valence electrons. The van der Waals surface area contributed by atoms with Crippen LogP contribution in [0.1, 0.15) is 362 Å². The molecular formula is C87H152O17P2. The van der Waals surface area contributed by atoms with E-state index < -0.39 is 97.5 Å². The number of unbranched alkanes of at least 4 members (excludes halogenated alkanes) is 35. The maximum Gasteiger partial charge on any atom is 0.472 e. The highest BCUT2D eigenvalue weighted by molar-refractivity contribution is 7.47. The summed E-state index contributed by atoms with van der Waals surface area (Å²) in [5, 5.41) is 10.7. The lowest BCUT2D eigenvalue weighted by molar-refractivity contribution is -0.161. The first-order chi connectivity index (χ1) is 51.7. The summed E-state index contributed by atoms with van der Waals surface area (Å²) in [6.07, 6.45) is 86.5. The van der Waals surface area contributed by atoms with Crippen LogP contribution in [0, 0.1) is 0 Å². The highest BCUT2D eigenvalue weighted by Crippen LogP contribution is 2.45. The quantitative estimate of drug-likeness (QED) is 0.0169. The Hall–Kier alpha value is -4.28. The molecule has 0 saturated heterocycles. The predicted molar refractivity (Wildman–Crippen MR) is 436 cm³/mol. The van der Waals surface area contributed by atoms with Gasteiger partial charge in [0.05, 0.1) is 26.4 Å². The Morgan fingerprint density at radius 3 is 0.802 bits per heavy atom. The van der Waals surface area contributed by atoms with Crippen molar-refractivity contribution in [2.75, 3.05) is 39.6 Å². The number of hydrogen-bond acceptors (Lipinski definition) is 15. The van der Waals surface area contributed by atoms with E-state index in [1.807, 2.05) is 30.4 Å². The van der Waals surface area contributed by atoms with Crippen molar-refractivity contribution in [2.24, 2.45) is 0 Å². The highest BCUT2D eigenvalue weighted by atomic mass is 31.2. The molecule has 0 heterocycles. The molecule has 5 atom stereocenters. The number of esters is 4. The highest BCUT2D eigenvalue weighted by Gasteiger charge is 2.30. The van der Waals surface area contributed by atoms with Crippen LogP contribution in [-0.2, 0) is 65.4 Å². The third-order valence-electron chi connectivity index (χ3n) is 17.8. The Kier molecular flexibility index (Phi) is 75.6. The van der Waals surface area contributed by atoms with Gasteiger partial charge in [0.1, 0.15) is 19.3 Å². The van der Waals surface area contributed by atoms with Gasteiger partial charge in [0, 0.05) is 25.7 Å². The molecule has 0 radical (unpaired) electrons. The second-order valence-electron chi connectivity index (χ2n) is 28.1. The van der Waals surface area contributed by atoms with E-state index >= 15 is 0 Å². The Bertz CT molecular complexity index is 2430. The van der Waals surface area contributed by atoms with Crippen LogP contribution in [0.25, 0.3) is 0 Å². The van der Waals surface area contributed by atoms with Crippen molar-refractivity contribution in [3.05, 3.63) is 109 Å². The summed E-state index contributed by atoms with van der Waals surface area (Å²) in [7, 11) is -9.99. The fourth-order valence-corrected chi connectivity index (χ4v) is 12.9. The lowest BCUT2D eigenvalue weighted by Gasteiger charge is -2.21. The smallest absolute Gasteiger partial charge is 0.462 e. The summed E-state index contributed by atoms with van der Waals surface area (Å²) in [4.78, 5) is 73.1. The molecular weight excluding hydrogens is 1380 g/mol. The van der Waals surface area contributed by atoms with Crippen LogP contribution in [0.2, 0.25) is 0 Å². The minimum Gasteiger partial charge on any atom is -0.462 e. The third kappa shape index (κ3) is 77.9. The molecule has 19 heteroatoms. The van der Waals surface area contributed by atoms with Crippen molar-refractivity contribution in [3.8, 4) is 0 Å². The molecule has 17 nitrogen and oxygen atoms in total. The molecule has 0 amide bonds. The van der Waals surface area contributed by atoms with Crippen molar-refractivity contribution in [1.29, 1.82) is 0 Å². The molecule has 0 spiro atoms. The molecule has 0 aliphatic rings. The molecule has 0 bridgehead atoms. The Balaban J connectivity index is 5.46. The van der Waals surface area contributed by atoms with E-state index in [1.165, 1.54) is 173 Å². The maximum atomic E-state index is 13.1. The number of ether oxygens (including phenoxy) is 4. The van der Waals surface area contributed by atoms with Crippen LogP contribution in [0.5, 0.6) is 0 Å². The van der Waals surface area contributed by atoms with E-state index in [1.54, 1.807) is 0 Å². The molecule has 3 N–H and O–H groups in total. The molecule has 106 heavy (non-hydrogen) atoms. The van der Waals surface area contributed by atoms with Crippen molar-refractivity contribution in [1.82, 2.24) is 0 Å². The zero-order valence-corrected chi connectivity index (χ0v) is 68.9. The van der Waals surface area contributed by atoms with Crippen molar-refractivity contribution in [2.45, 2.75) is 380 Å². The number of aliphatic hydroxyl groups excluding tert-OH is 1. The standard InChI is InChI=1S/C87H152O17P2/c1-5-9-13-17-21-25-29-33-37-39-40-42-46-50-54-58-62-66-70-74-87(92)104-83(77-97-84(89)71-67-63-59-55-51-47-43-35-31-27-23-19-15-11-7-3)80-102-106(95,96)100-76-81(88)75-99-105(93,94)101-79-82(103-86(91)73-69-65-61-57-53-49-44-36-32-28-24-20-16-12-8-4)78-98-85(90)72-68-64-60-56-52-48-45-41-38-34-30-26-22-18-14-10-6-2/h21-22,25-26,33-34,37-38,40,42,45,48,50,54,56,60,62,66,81-83,88H,5-20,23-24,27-32,35-36,39,41,43-44,46-47,49,51-53,55,57-59,61,63-65,67-80H2,1-4H3,(H,93,94)(H,95,96)/b25-21-,26-22-,37-33-,38-34-,42-40-,48-45-,54-50-,60-56-,66-62-/t81-,82-,83-/m1/s1. The van der Waals surface area contributed by atoms with E-state index in [2.05, 4.69) is 107 Å². The summed E-state index contributed by atoms with van der Waals surface area (Å²) in [6, 6.07) is 0. The van der Waals surface area contributed by atoms with Crippen LogP contribution in [0.15, 0.2) is 109 Å². The first kappa shape index (κ1) is 102. The van der Waals surface area contributed by atoms with Gasteiger partial charge >= 0.3 is 39.5 Å². The largest absolute Gasteiger partial charge is 0.472 e. The van der Waals surface area contributed by atoms with Gasteiger partial charge in [-0.2, -0.15) is 0 Å². The molecule has 2 unspecified atom stereocenters. The van der Waals surface area contributed by atoms with Crippen molar-refractivity contribution in [3.63, 3.8) is 0 Å². The Labute approximate surface area is 645 Å². The molecule has 0 aliphatic heterocycles.